The fraction of sp³-hybridized carbons (Fsp3) is 0.600. The van der Waals surface area contributed by atoms with Crippen LogP contribution in [0.4, 0.5) is 0 Å². The van der Waals surface area contributed by atoms with E-state index in [-0.39, 0.29) is 35.9 Å². The van der Waals surface area contributed by atoms with Gasteiger partial charge in [0.05, 0.1) is 20.8 Å². The highest BCUT2D eigenvalue weighted by Gasteiger charge is 2.06. The Hall–Kier alpha value is -1.71. The van der Waals surface area contributed by atoms with Crippen LogP contribution in [0, 0.1) is 0 Å². The van der Waals surface area contributed by atoms with E-state index in [0.29, 0.717) is 18.9 Å². The summed E-state index contributed by atoms with van der Waals surface area (Å²) in [6.07, 6.45) is 2.13. The minimum Gasteiger partial charge on any atom is -0.493 e. The van der Waals surface area contributed by atoms with Crippen molar-refractivity contribution in [2.24, 2.45) is 4.99 Å². The molecule has 0 aliphatic carbocycles. The minimum atomic E-state index is 0. The molecule has 160 valence electrons. The molecule has 3 N–H and O–H groups in total. The minimum absolute atomic E-state index is 0. The predicted molar refractivity (Wildman–Crippen MR) is 125 cm³/mol. The molecule has 0 radical (unpaired) electrons. The second-order valence-corrected chi connectivity index (χ2v) is 6.25. The number of rotatable bonds is 11. The Bertz CT molecular complexity index is 611. The van der Waals surface area contributed by atoms with Gasteiger partial charge in [-0.2, -0.15) is 0 Å². The molecule has 0 heterocycles. The quantitative estimate of drug-likeness (QED) is 0.244. The third-order valence-corrected chi connectivity index (χ3v) is 4.13. The van der Waals surface area contributed by atoms with Crippen LogP contribution in [0.25, 0.3) is 0 Å². The molecule has 0 fully saturated rings. The van der Waals surface area contributed by atoms with Gasteiger partial charge in [-0.3, -0.25) is 9.79 Å². The molecule has 0 aliphatic heterocycles. The number of hydrogen-bond donors (Lipinski definition) is 3. The Balaban J connectivity index is 0.00000729. The number of halogens is 1. The zero-order chi connectivity index (χ0) is 20.1. The van der Waals surface area contributed by atoms with Gasteiger partial charge in [-0.15, -0.1) is 24.0 Å². The Kier molecular flexibility index (Phi) is 14.3. The van der Waals surface area contributed by atoms with Crippen molar-refractivity contribution in [1.82, 2.24) is 16.0 Å². The van der Waals surface area contributed by atoms with Crippen molar-refractivity contribution < 1.29 is 14.3 Å². The maximum Gasteiger partial charge on any atom is 0.222 e. The van der Waals surface area contributed by atoms with Crippen molar-refractivity contribution in [3.63, 3.8) is 0 Å². The molecule has 7 nitrogen and oxygen atoms in total. The van der Waals surface area contributed by atoms with Crippen LogP contribution in [-0.4, -0.2) is 51.8 Å². The second-order valence-electron chi connectivity index (χ2n) is 6.25. The van der Waals surface area contributed by atoms with Crippen molar-refractivity contribution in [3.05, 3.63) is 23.8 Å². The highest BCUT2D eigenvalue weighted by molar-refractivity contribution is 14.0. The first-order valence-corrected chi connectivity index (χ1v) is 9.56. The van der Waals surface area contributed by atoms with Crippen molar-refractivity contribution in [2.75, 3.05) is 33.9 Å². The van der Waals surface area contributed by atoms with Crippen LogP contribution in [0.5, 0.6) is 11.5 Å². The molecular formula is C20H35IN4O3. The first-order chi connectivity index (χ1) is 13.0. The first kappa shape index (κ1) is 26.3. The van der Waals surface area contributed by atoms with Crippen molar-refractivity contribution >= 4 is 35.8 Å². The smallest absolute Gasteiger partial charge is 0.222 e. The summed E-state index contributed by atoms with van der Waals surface area (Å²) >= 11 is 0. The first-order valence-electron chi connectivity index (χ1n) is 9.56. The fourth-order valence-corrected chi connectivity index (χ4v) is 2.42. The van der Waals surface area contributed by atoms with Gasteiger partial charge in [-0.1, -0.05) is 13.0 Å². The zero-order valence-corrected chi connectivity index (χ0v) is 20.0. The van der Waals surface area contributed by atoms with Crippen LogP contribution in [-0.2, 0) is 11.2 Å². The van der Waals surface area contributed by atoms with E-state index in [4.69, 9.17) is 9.47 Å². The van der Waals surface area contributed by atoms with E-state index < -0.39 is 0 Å². The van der Waals surface area contributed by atoms with Gasteiger partial charge in [0.25, 0.3) is 0 Å². The number of hydrogen-bond acceptors (Lipinski definition) is 4. The molecule has 1 atom stereocenters. The molecule has 1 amide bonds. The summed E-state index contributed by atoms with van der Waals surface area (Å²) in [4.78, 5) is 16.3. The Labute approximate surface area is 186 Å². The molecule has 0 saturated heterocycles. The van der Waals surface area contributed by atoms with Crippen molar-refractivity contribution in [1.29, 1.82) is 0 Å². The summed E-state index contributed by atoms with van der Waals surface area (Å²) in [7, 11) is 3.26. The van der Waals surface area contributed by atoms with Crippen LogP contribution >= 0.6 is 24.0 Å². The number of nitrogens with zero attached hydrogens (tertiary/aromatic N) is 1. The molecule has 0 saturated carbocycles. The number of methoxy groups -OCH3 is 2. The second kappa shape index (κ2) is 15.2. The lowest BCUT2D eigenvalue weighted by molar-refractivity contribution is -0.121. The molecular weight excluding hydrogens is 471 g/mol. The van der Waals surface area contributed by atoms with Gasteiger partial charge in [-0.25, -0.2) is 0 Å². The third-order valence-electron chi connectivity index (χ3n) is 4.13. The fourth-order valence-electron chi connectivity index (χ4n) is 2.42. The zero-order valence-electron chi connectivity index (χ0n) is 17.6. The van der Waals surface area contributed by atoms with E-state index in [2.05, 4.69) is 27.9 Å². The molecule has 0 aromatic heterocycles. The topological polar surface area (TPSA) is 84.0 Å². The van der Waals surface area contributed by atoms with E-state index in [1.807, 2.05) is 32.0 Å². The maximum absolute atomic E-state index is 11.8. The summed E-state index contributed by atoms with van der Waals surface area (Å²) in [6.45, 7) is 8.01. The molecule has 0 bridgehead atoms. The molecule has 28 heavy (non-hydrogen) atoms. The number of nitrogens with one attached hydrogen (secondary N) is 3. The third kappa shape index (κ3) is 10.0. The number of ether oxygens (including phenoxy) is 2. The molecule has 1 aromatic carbocycles. The predicted octanol–water partition coefficient (Wildman–Crippen LogP) is 2.72. The van der Waals surface area contributed by atoms with Gasteiger partial charge in [-0.05, 0) is 44.4 Å². The molecule has 1 aromatic rings. The van der Waals surface area contributed by atoms with Crippen LogP contribution in [0.1, 0.15) is 39.2 Å². The van der Waals surface area contributed by atoms with Gasteiger partial charge in [0.2, 0.25) is 5.91 Å². The molecule has 1 unspecified atom stereocenters. The average molecular weight is 506 g/mol. The number of aliphatic imine (C=N–C) groups is 1. The SMILES string of the molecule is CCNC(=NCCC(=O)NC(C)CC)NCCc1ccc(OC)c(OC)c1.I. The average Bonchev–Trinajstić information content (AvgIpc) is 2.67. The molecule has 0 aliphatic rings. The summed E-state index contributed by atoms with van der Waals surface area (Å²) in [6, 6.07) is 6.11. The van der Waals surface area contributed by atoms with Crippen LogP contribution in [0.3, 0.4) is 0 Å². The maximum atomic E-state index is 11.8. The van der Waals surface area contributed by atoms with E-state index >= 15 is 0 Å². The summed E-state index contributed by atoms with van der Waals surface area (Å²) in [5.41, 5.74) is 1.14. The standard InChI is InChI=1S/C20H34N4O3.HI/c1-6-15(3)24-19(25)11-13-23-20(21-7-2)22-12-10-16-8-9-17(26-4)18(14-16)27-5;/h8-9,14-15H,6-7,10-13H2,1-5H3,(H,24,25)(H2,21,22,23);1H. The van der Waals surface area contributed by atoms with Gasteiger partial charge < -0.3 is 25.4 Å². The van der Waals surface area contributed by atoms with Gasteiger partial charge in [0.1, 0.15) is 0 Å². The number of amides is 1. The molecule has 0 spiro atoms. The number of carbonyl (C=O) groups is 1. The van der Waals surface area contributed by atoms with E-state index in [1.165, 1.54) is 0 Å². The largest absolute Gasteiger partial charge is 0.493 e. The Morgan fingerprint density at radius 2 is 1.86 bits per heavy atom. The highest BCUT2D eigenvalue weighted by atomic mass is 127. The number of benzene rings is 1. The number of carbonyl (C=O) groups excluding carboxylic acids is 1. The van der Waals surface area contributed by atoms with Gasteiger partial charge in [0, 0.05) is 25.6 Å². The van der Waals surface area contributed by atoms with Crippen molar-refractivity contribution in [2.45, 2.75) is 46.1 Å². The van der Waals surface area contributed by atoms with E-state index in [1.54, 1.807) is 14.2 Å². The van der Waals surface area contributed by atoms with E-state index in [9.17, 15) is 4.79 Å². The lowest BCUT2D eigenvalue weighted by Gasteiger charge is -2.13. The van der Waals surface area contributed by atoms with Crippen LogP contribution in [0.15, 0.2) is 23.2 Å². The summed E-state index contributed by atoms with van der Waals surface area (Å²) in [5, 5.41) is 9.44. The highest BCUT2D eigenvalue weighted by Crippen LogP contribution is 2.27. The number of guanidine groups is 1. The molecule has 1 rings (SSSR count). The van der Waals surface area contributed by atoms with Gasteiger partial charge in [0.15, 0.2) is 17.5 Å². The van der Waals surface area contributed by atoms with Crippen LogP contribution < -0.4 is 25.4 Å². The summed E-state index contributed by atoms with van der Waals surface area (Å²) in [5.74, 6) is 2.20. The molecule has 8 heteroatoms. The Morgan fingerprint density at radius 3 is 2.46 bits per heavy atom. The van der Waals surface area contributed by atoms with E-state index in [0.717, 1.165) is 43.0 Å². The summed E-state index contributed by atoms with van der Waals surface area (Å²) < 4.78 is 10.6. The Morgan fingerprint density at radius 1 is 1.14 bits per heavy atom. The normalized spacial score (nSPS) is 11.8. The van der Waals surface area contributed by atoms with Crippen molar-refractivity contribution in [3.8, 4) is 11.5 Å². The van der Waals surface area contributed by atoms with Gasteiger partial charge >= 0.3 is 0 Å². The monoisotopic (exact) mass is 506 g/mol. The van der Waals surface area contributed by atoms with Crippen LogP contribution in [0.2, 0.25) is 0 Å². The lowest BCUT2D eigenvalue weighted by atomic mass is 10.1. The lowest BCUT2D eigenvalue weighted by Crippen LogP contribution is -2.38.